The fraction of sp³-hybridized carbons (Fsp3) is 0.308. The highest BCUT2D eigenvalue weighted by molar-refractivity contribution is 9.10. The fourth-order valence-corrected chi connectivity index (χ4v) is 6.50. The summed E-state index contributed by atoms with van der Waals surface area (Å²) in [5.74, 6) is -0.814. The van der Waals surface area contributed by atoms with E-state index < -0.39 is 0 Å². The summed E-state index contributed by atoms with van der Waals surface area (Å²) in [7, 11) is 0. The number of hydrogen-bond acceptors (Lipinski definition) is 6. The Balaban J connectivity index is 1.36. The van der Waals surface area contributed by atoms with Crippen molar-refractivity contribution in [3.8, 4) is 20.9 Å². The zero-order valence-corrected chi connectivity index (χ0v) is 22.4. The molecule has 3 heterocycles. The number of rotatable bonds is 9. The van der Waals surface area contributed by atoms with Crippen LogP contribution in [-0.2, 0) is 0 Å². The number of unbranched alkanes of at least 4 members (excludes halogenated alkanes) is 5. The van der Waals surface area contributed by atoms with E-state index >= 15 is 0 Å². The van der Waals surface area contributed by atoms with Gasteiger partial charge in [-0.05, 0) is 58.2 Å². The van der Waals surface area contributed by atoms with Crippen molar-refractivity contribution in [2.45, 2.75) is 45.4 Å². The molecule has 2 amide bonds. The topological polar surface area (TPSA) is 63.2 Å². The minimum atomic E-state index is -0.387. The van der Waals surface area contributed by atoms with Crippen LogP contribution >= 0.6 is 39.0 Å². The van der Waals surface area contributed by atoms with Gasteiger partial charge < -0.3 is 0 Å². The van der Waals surface area contributed by atoms with Crippen molar-refractivity contribution >= 4 is 61.8 Å². The van der Waals surface area contributed by atoms with Crippen molar-refractivity contribution in [3.05, 3.63) is 57.8 Å². The number of fused-ring (bicyclic) bond motifs is 2. The van der Waals surface area contributed by atoms with E-state index in [9.17, 15) is 14.0 Å². The second-order valence-corrected chi connectivity index (χ2v) is 11.0. The summed E-state index contributed by atoms with van der Waals surface area (Å²) in [6.07, 6.45) is 6.60. The van der Waals surface area contributed by atoms with Gasteiger partial charge in [0.05, 0.1) is 27.3 Å². The van der Waals surface area contributed by atoms with Gasteiger partial charge in [-0.1, -0.05) is 45.1 Å². The Labute approximate surface area is 219 Å². The zero-order valence-electron chi connectivity index (χ0n) is 19.1. The molecular formula is C26H23BrFN3O2S2. The number of amides is 2. The Bertz CT molecular complexity index is 1430. The highest BCUT2D eigenvalue weighted by atomic mass is 79.9. The largest absolute Gasteiger partial charge is 0.274 e. The molecular weight excluding hydrogens is 549 g/mol. The van der Waals surface area contributed by atoms with E-state index in [4.69, 9.17) is 0 Å². The predicted molar refractivity (Wildman–Crippen MR) is 143 cm³/mol. The average molecular weight is 573 g/mol. The van der Waals surface area contributed by atoms with E-state index in [1.54, 1.807) is 12.1 Å². The molecule has 0 fully saturated rings. The van der Waals surface area contributed by atoms with Crippen molar-refractivity contribution in [1.29, 1.82) is 0 Å². The second-order valence-electron chi connectivity index (χ2n) is 8.64. The molecule has 2 aromatic heterocycles. The molecule has 2 aromatic carbocycles. The maximum atomic E-state index is 14.5. The summed E-state index contributed by atoms with van der Waals surface area (Å²) in [6.45, 7) is 2.64. The number of aromatic nitrogens is 2. The first-order valence-electron chi connectivity index (χ1n) is 11.7. The number of benzene rings is 2. The van der Waals surface area contributed by atoms with Crippen molar-refractivity contribution in [3.63, 3.8) is 0 Å². The molecule has 5 nitrogen and oxygen atoms in total. The van der Waals surface area contributed by atoms with Crippen LogP contribution in [0.25, 0.3) is 31.9 Å². The molecule has 4 aromatic rings. The molecule has 5 rings (SSSR count). The second kappa shape index (κ2) is 10.2. The van der Waals surface area contributed by atoms with E-state index in [1.807, 2.05) is 18.2 Å². The SMILES string of the molecule is CCCCCCCCN1C(=O)c2ccc(-c3ccc(-c4cc(F)c(Br)c5nsnc45)s3)cc2C1=O. The first-order valence-corrected chi connectivity index (χ1v) is 14.0. The normalized spacial score (nSPS) is 13.3. The number of halogens is 2. The Morgan fingerprint density at radius 1 is 0.857 bits per heavy atom. The summed E-state index contributed by atoms with van der Waals surface area (Å²) < 4.78 is 23.3. The predicted octanol–water partition coefficient (Wildman–Crippen LogP) is 7.94. The summed E-state index contributed by atoms with van der Waals surface area (Å²) in [5, 5.41) is 0. The van der Waals surface area contributed by atoms with Crippen LogP contribution in [0.2, 0.25) is 0 Å². The molecule has 1 aliphatic rings. The number of carbonyl (C=O) groups is 2. The van der Waals surface area contributed by atoms with Crippen molar-refractivity contribution < 1.29 is 14.0 Å². The third-order valence-corrected chi connectivity index (χ3v) is 8.74. The van der Waals surface area contributed by atoms with Gasteiger partial charge in [0.25, 0.3) is 11.8 Å². The molecule has 0 saturated heterocycles. The van der Waals surface area contributed by atoms with Crippen molar-refractivity contribution in [2.75, 3.05) is 6.54 Å². The Hall–Kier alpha value is -2.49. The average Bonchev–Trinajstić information content (AvgIpc) is 3.59. The summed E-state index contributed by atoms with van der Waals surface area (Å²) >= 11 is 5.79. The van der Waals surface area contributed by atoms with Gasteiger partial charge in [-0.15, -0.1) is 11.3 Å². The van der Waals surface area contributed by atoms with Crippen molar-refractivity contribution in [1.82, 2.24) is 13.6 Å². The Morgan fingerprint density at radius 2 is 1.57 bits per heavy atom. The molecule has 0 aliphatic carbocycles. The molecule has 1 aliphatic heterocycles. The van der Waals surface area contributed by atoms with E-state index in [0.717, 1.165) is 46.3 Å². The Kier molecular flexibility index (Phi) is 7.09. The zero-order chi connectivity index (χ0) is 24.5. The maximum Gasteiger partial charge on any atom is 0.261 e. The lowest BCUT2D eigenvalue weighted by molar-refractivity contribution is 0.0651. The third-order valence-electron chi connectivity index (χ3n) is 6.29. The lowest BCUT2D eigenvalue weighted by atomic mass is 10.0. The van der Waals surface area contributed by atoms with Crippen molar-refractivity contribution in [2.24, 2.45) is 0 Å². The van der Waals surface area contributed by atoms with Gasteiger partial charge >= 0.3 is 0 Å². The van der Waals surface area contributed by atoms with Gasteiger partial charge in [0.2, 0.25) is 0 Å². The molecule has 0 spiro atoms. The van der Waals surface area contributed by atoms with E-state index in [2.05, 4.69) is 31.6 Å². The fourth-order valence-electron chi connectivity index (χ4n) is 4.40. The molecule has 180 valence electrons. The highest BCUT2D eigenvalue weighted by Crippen LogP contribution is 2.40. The molecule has 0 unspecified atom stereocenters. The number of carbonyl (C=O) groups excluding carboxylic acids is 2. The number of hydrogen-bond donors (Lipinski definition) is 0. The lowest BCUT2D eigenvalue weighted by Crippen LogP contribution is -2.30. The lowest BCUT2D eigenvalue weighted by Gasteiger charge is -2.13. The minimum absolute atomic E-state index is 0.208. The number of thiophene rings is 1. The molecule has 35 heavy (non-hydrogen) atoms. The summed E-state index contributed by atoms with van der Waals surface area (Å²) in [5.41, 5.74) is 3.61. The molecule has 0 atom stereocenters. The number of imide groups is 1. The quantitative estimate of drug-likeness (QED) is 0.151. The minimum Gasteiger partial charge on any atom is -0.274 e. The first-order chi connectivity index (χ1) is 17.0. The van der Waals surface area contributed by atoms with Crippen LogP contribution in [0.4, 0.5) is 4.39 Å². The molecule has 9 heteroatoms. The first kappa shape index (κ1) is 24.2. The smallest absolute Gasteiger partial charge is 0.261 e. The standard InChI is InChI=1S/C26H23BrFN3O2S2/c1-2-3-4-5-6-7-12-31-25(32)16-9-8-15(13-17(16)26(31)33)20-10-11-21(34-20)18-14-19(28)22(27)24-23(18)29-35-30-24/h8-11,13-14H,2-7,12H2,1H3. The number of nitrogens with zero attached hydrogens (tertiary/aromatic N) is 3. The summed E-state index contributed by atoms with van der Waals surface area (Å²) in [4.78, 5) is 29.0. The van der Waals surface area contributed by atoms with Crippen LogP contribution < -0.4 is 0 Å². The van der Waals surface area contributed by atoms with Crippen LogP contribution in [0.3, 0.4) is 0 Å². The van der Waals surface area contributed by atoms with E-state index in [1.165, 1.54) is 41.6 Å². The van der Waals surface area contributed by atoms with Crippen LogP contribution in [0, 0.1) is 5.82 Å². The molecule has 0 radical (unpaired) electrons. The Morgan fingerprint density at radius 3 is 2.40 bits per heavy atom. The molecule has 0 bridgehead atoms. The van der Waals surface area contributed by atoms with Gasteiger partial charge in [-0.2, -0.15) is 8.75 Å². The monoisotopic (exact) mass is 571 g/mol. The summed E-state index contributed by atoms with van der Waals surface area (Å²) in [6, 6.07) is 10.8. The van der Waals surface area contributed by atoms with Crippen LogP contribution in [0.5, 0.6) is 0 Å². The van der Waals surface area contributed by atoms with Crippen LogP contribution in [0.15, 0.2) is 40.9 Å². The van der Waals surface area contributed by atoms with Crippen LogP contribution in [-0.4, -0.2) is 32.0 Å². The maximum absolute atomic E-state index is 14.5. The van der Waals surface area contributed by atoms with E-state index in [0.29, 0.717) is 38.7 Å². The van der Waals surface area contributed by atoms with E-state index in [-0.39, 0.29) is 17.6 Å². The van der Waals surface area contributed by atoms with Crippen LogP contribution in [0.1, 0.15) is 66.2 Å². The van der Waals surface area contributed by atoms with Gasteiger partial charge in [0, 0.05) is 21.9 Å². The van der Waals surface area contributed by atoms with Gasteiger partial charge in [0.15, 0.2) is 0 Å². The molecule has 0 saturated carbocycles. The molecule has 0 N–H and O–H groups in total. The van der Waals surface area contributed by atoms with Gasteiger partial charge in [-0.3, -0.25) is 14.5 Å². The van der Waals surface area contributed by atoms with Gasteiger partial charge in [-0.25, -0.2) is 4.39 Å². The van der Waals surface area contributed by atoms with Gasteiger partial charge in [0.1, 0.15) is 16.9 Å². The highest BCUT2D eigenvalue weighted by Gasteiger charge is 2.35. The third kappa shape index (κ3) is 4.57.